The normalized spacial score (nSPS) is 20.9. The summed E-state index contributed by atoms with van der Waals surface area (Å²) < 4.78 is 6.98. The van der Waals surface area contributed by atoms with Gasteiger partial charge in [0.25, 0.3) is 5.91 Å². The van der Waals surface area contributed by atoms with Gasteiger partial charge in [-0.25, -0.2) is 4.98 Å². The van der Waals surface area contributed by atoms with E-state index in [1.807, 2.05) is 12.1 Å². The van der Waals surface area contributed by atoms with Crippen LogP contribution in [-0.2, 0) is 5.60 Å². The van der Waals surface area contributed by atoms with Gasteiger partial charge in [-0.3, -0.25) is 4.79 Å². The minimum absolute atomic E-state index is 0.125. The number of rotatable bonds is 2. The molecule has 8 heteroatoms. The molecular weight excluding hydrogens is 370 g/mol. The Bertz CT molecular complexity index is 1200. The molecule has 1 atom stereocenters. The third kappa shape index (κ3) is 2.82. The molecule has 29 heavy (non-hydrogen) atoms. The summed E-state index contributed by atoms with van der Waals surface area (Å²) in [6.07, 6.45) is 3.78. The van der Waals surface area contributed by atoms with Gasteiger partial charge in [0.1, 0.15) is 11.5 Å². The fourth-order valence-electron chi connectivity index (χ4n) is 3.99. The number of aryl methyl sites for hydroxylation is 1. The molecule has 1 aromatic carbocycles. The Balaban J connectivity index is 1.57. The number of aliphatic hydroxyl groups is 1. The summed E-state index contributed by atoms with van der Waals surface area (Å²) >= 11 is 0. The molecule has 0 radical (unpaired) electrons. The minimum Gasteiger partial charge on any atom is -0.371 e. The molecule has 2 aliphatic heterocycles. The Morgan fingerprint density at radius 2 is 2.17 bits per heavy atom. The molecule has 6 rings (SSSR count). The second-order valence-corrected chi connectivity index (χ2v) is 7.80. The van der Waals surface area contributed by atoms with Crippen molar-refractivity contribution in [3.63, 3.8) is 0 Å². The van der Waals surface area contributed by atoms with Gasteiger partial charge in [0, 0.05) is 30.3 Å². The lowest BCUT2D eigenvalue weighted by Gasteiger charge is -2.34. The van der Waals surface area contributed by atoms with Crippen LogP contribution < -0.4 is 5.73 Å². The molecule has 3 aromatic rings. The summed E-state index contributed by atoms with van der Waals surface area (Å²) in [4.78, 5) is 20.2. The van der Waals surface area contributed by atoms with Crippen LogP contribution >= 0.6 is 0 Å². The van der Waals surface area contributed by atoms with Gasteiger partial charge in [0.15, 0.2) is 5.60 Å². The molecule has 0 spiro atoms. The Morgan fingerprint density at radius 1 is 1.38 bits per heavy atom. The molecule has 1 aliphatic carbocycles. The largest absolute Gasteiger partial charge is 0.371 e. The topological polar surface area (TPSA) is 120 Å². The zero-order chi connectivity index (χ0) is 20.3. The number of imidazole rings is 1. The second-order valence-electron chi connectivity index (χ2n) is 7.80. The molecule has 1 saturated carbocycles. The SMILES string of the molecule is Cc1nc([C@](C)(O)C#Cc2ccc3c(c2)-c2nc(C(N)=O)cn2C2CC3C2)no1. The van der Waals surface area contributed by atoms with Crippen molar-refractivity contribution in [2.75, 3.05) is 0 Å². The maximum Gasteiger partial charge on any atom is 0.268 e. The number of hydrogen-bond donors (Lipinski definition) is 2. The summed E-state index contributed by atoms with van der Waals surface area (Å²) in [6, 6.07) is 6.27. The van der Waals surface area contributed by atoms with E-state index in [0.29, 0.717) is 17.9 Å². The highest BCUT2D eigenvalue weighted by atomic mass is 16.5. The molecule has 2 aromatic heterocycles. The Morgan fingerprint density at radius 3 is 2.86 bits per heavy atom. The second kappa shape index (κ2) is 6.03. The van der Waals surface area contributed by atoms with Crippen LogP contribution in [0.5, 0.6) is 0 Å². The van der Waals surface area contributed by atoms with Crippen LogP contribution in [0.4, 0.5) is 0 Å². The van der Waals surface area contributed by atoms with E-state index in [1.165, 1.54) is 12.5 Å². The van der Waals surface area contributed by atoms with Crippen molar-refractivity contribution < 1.29 is 14.4 Å². The highest BCUT2D eigenvalue weighted by molar-refractivity contribution is 5.91. The van der Waals surface area contributed by atoms with Crippen molar-refractivity contribution in [1.82, 2.24) is 19.7 Å². The van der Waals surface area contributed by atoms with Gasteiger partial charge in [-0.2, -0.15) is 4.98 Å². The molecule has 4 heterocycles. The van der Waals surface area contributed by atoms with Crippen molar-refractivity contribution in [2.24, 2.45) is 5.73 Å². The van der Waals surface area contributed by atoms with Crippen molar-refractivity contribution in [1.29, 1.82) is 0 Å². The average Bonchev–Trinajstić information content (AvgIpc) is 3.22. The lowest BCUT2D eigenvalue weighted by molar-refractivity contribution is 0.0995. The molecule has 1 fully saturated rings. The number of nitrogens with zero attached hydrogens (tertiary/aromatic N) is 4. The Kier molecular flexibility index (Phi) is 3.67. The number of primary amides is 1. The smallest absolute Gasteiger partial charge is 0.268 e. The van der Waals surface area contributed by atoms with E-state index in [-0.39, 0.29) is 11.5 Å². The van der Waals surface area contributed by atoms with Crippen LogP contribution in [0.2, 0.25) is 0 Å². The fourth-order valence-corrected chi connectivity index (χ4v) is 3.99. The van der Waals surface area contributed by atoms with Gasteiger partial charge >= 0.3 is 0 Å². The first kappa shape index (κ1) is 17.6. The summed E-state index contributed by atoms with van der Waals surface area (Å²) in [5.41, 5.74) is 7.04. The predicted molar refractivity (Wildman–Crippen MR) is 103 cm³/mol. The van der Waals surface area contributed by atoms with Crippen LogP contribution in [0.15, 0.2) is 28.9 Å². The van der Waals surface area contributed by atoms with Crippen molar-refractivity contribution in [3.05, 3.63) is 52.9 Å². The van der Waals surface area contributed by atoms with Gasteiger partial charge in [-0.15, -0.1) is 0 Å². The van der Waals surface area contributed by atoms with E-state index in [0.717, 1.165) is 29.8 Å². The first-order valence-electron chi connectivity index (χ1n) is 9.41. The maximum atomic E-state index is 11.6. The Hall–Kier alpha value is -3.44. The average molecular weight is 389 g/mol. The van der Waals surface area contributed by atoms with Gasteiger partial charge in [0.2, 0.25) is 11.7 Å². The quantitative estimate of drug-likeness (QED) is 0.647. The third-order valence-corrected chi connectivity index (χ3v) is 5.64. The number of amides is 1. The minimum atomic E-state index is -1.54. The highest BCUT2D eigenvalue weighted by Crippen LogP contribution is 2.51. The maximum absolute atomic E-state index is 11.6. The van der Waals surface area contributed by atoms with Crippen LogP contribution in [-0.4, -0.2) is 30.7 Å². The third-order valence-electron chi connectivity index (χ3n) is 5.64. The number of carbonyl (C=O) groups is 1. The molecule has 0 unspecified atom stereocenters. The molecule has 146 valence electrons. The number of nitrogens with two attached hydrogens (primary N) is 1. The zero-order valence-electron chi connectivity index (χ0n) is 16.0. The number of carbonyl (C=O) groups excluding carboxylic acids is 1. The number of benzene rings is 1. The zero-order valence-corrected chi connectivity index (χ0v) is 16.0. The van der Waals surface area contributed by atoms with E-state index in [2.05, 4.69) is 37.6 Å². The lowest BCUT2D eigenvalue weighted by atomic mass is 9.75. The van der Waals surface area contributed by atoms with Crippen LogP contribution in [0.25, 0.3) is 11.4 Å². The van der Waals surface area contributed by atoms with Gasteiger partial charge < -0.3 is 19.9 Å². The molecule has 8 nitrogen and oxygen atoms in total. The molecule has 2 bridgehead atoms. The summed E-state index contributed by atoms with van der Waals surface area (Å²) in [6.45, 7) is 3.18. The van der Waals surface area contributed by atoms with Gasteiger partial charge in [-0.1, -0.05) is 23.1 Å². The first-order valence-corrected chi connectivity index (χ1v) is 9.41. The van der Waals surface area contributed by atoms with Crippen molar-refractivity contribution in [2.45, 2.75) is 44.2 Å². The predicted octanol–water partition coefficient (Wildman–Crippen LogP) is 2.03. The van der Waals surface area contributed by atoms with Crippen molar-refractivity contribution >= 4 is 5.91 Å². The highest BCUT2D eigenvalue weighted by Gasteiger charge is 2.39. The molecule has 3 aliphatic rings. The standard InChI is InChI=1S/C21H19N5O3/c1-11-23-20(25-29-11)21(2,28)6-5-12-3-4-15-13-8-14(9-13)26-10-17(18(22)27)24-19(26)16(15)7-12/h3-4,7,10,13-14,28H,8-9H2,1-2H3,(H2,22,27)/t13?,14?,21-/m1/s1. The Labute approximate surface area is 166 Å². The lowest BCUT2D eigenvalue weighted by Crippen LogP contribution is -2.22. The fraction of sp³-hybridized carbons (Fsp3) is 0.333. The number of aromatic nitrogens is 4. The van der Waals surface area contributed by atoms with Gasteiger partial charge in [-0.05, 0) is 43.4 Å². The monoisotopic (exact) mass is 389 g/mol. The summed E-state index contributed by atoms with van der Waals surface area (Å²) in [5, 5.41) is 14.3. The van der Waals surface area contributed by atoms with E-state index >= 15 is 0 Å². The molecule has 1 amide bonds. The van der Waals surface area contributed by atoms with Crippen molar-refractivity contribution in [3.8, 4) is 23.2 Å². The van der Waals surface area contributed by atoms with Crippen LogP contribution in [0.1, 0.15) is 65.1 Å². The summed E-state index contributed by atoms with van der Waals surface area (Å²) in [7, 11) is 0. The van der Waals surface area contributed by atoms with Crippen LogP contribution in [0.3, 0.4) is 0 Å². The molecule has 0 saturated heterocycles. The van der Waals surface area contributed by atoms with E-state index in [4.69, 9.17) is 10.3 Å². The van der Waals surface area contributed by atoms with Gasteiger partial charge in [0.05, 0.1) is 0 Å². The molecular formula is C21H19N5O3. The van der Waals surface area contributed by atoms with E-state index < -0.39 is 11.5 Å². The molecule has 3 N–H and O–H groups in total. The first-order chi connectivity index (χ1) is 13.8. The van der Waals surface area contributed by atoms with E-state index in [1.54, 1.807) is 13.1 Å². The number of hydrogen-bond acceptors (Lipinski definition) is 6. The van der Waals surface area contributed by atoms with E-state index in [9.17, 15) is 9.90 Å². The van der Waals surface area contributed by atoms with Crippen LogP contribution in [0, 0.1) is 18.8 Å². The summed E-state index contributed by atoms with van der Waals surface area (Å²) in [5.74, 6) is 6.98.